The first-order valence-corrected chi connectivity index (χ1v) is 7.82. The van der Waals surface area contributed by atoms with Gasteiger partial charge in [0.05, 0.1) is 6.61 Å². The maximum absolute atomic E-state index is 12.2. The molecule has 0 heterocycles. The quantitative estimate of drug-likeness (QED) is 0.852. The average molecular weight is 313 g/mol. The fourth-order valence-electron chi connectivity index (χ4n) is 2.37. The second-order valence-electron chi connectivity index (χ2n) is 5.46. The summed E-state index contributed by atoms with van der Waals surface area (Å²) in [7, 11) is 1.80. The minimum absolute atomic E-state index is 0.0575. The highest BCUT2D eigenvalue weighted by atomic mass is 16.5. The second-order valence-corrected chi connectivity index (χ2v) is 5.46. The van der Waals surface area contributed by atoms with E-state index >= 15 is 0 Å². The zero-order chi connectivity index (χ0) is 16.7. The number of amides is 1. The highest BCUT2D eigenvalue weighted by molar-refractivity contribution is 5.76. The van der Waals surface area contributed by atoms with Crippen LogP contribution in [0.3, 0.4) is 0 Å². The Morgan fingerprint density at radius 3 is 2.48 bits per heavy atom. The zero-order valence-corrected chi connectivity index (χ0v) is 13.7. The van der Waals surface area contributed by atoms with E-state index < -0.39 is 0 Å². The molecule has 0 spiro atoms. The average Bonchev–Trinajstić information content (AvgIpc) is 2.56. The third-order valence-electron chi connectivity index (χ3n) is 3.68. The molecule has 2 aromatic rings. The number of hydrogen-bond donors (Lipinski definition) is 1. The predicted molar refractivity (Wildman–Crippen MR) is 90.5 cm³/mol. The molecular formula is C19H23NO3. The van der Waals surface area contributed by atoms with Gasteiger partial charge in [0.15, 0.2) is 0 Å². The summed E-state index contributed by atoms with van der Waals surface area (Å²) >= 11 is 0. The van der Waals surface area contributed by atoms with Crippen molar-refractivity contribution in [1.82, 2.24) is 4.90 Å². The van der Waals surface area contributed by atoms with Gasteiger partial charge in [-0.3, -0.25) is 4.79 Å². The molecule has 1 amide bonds. The van der Waals surface area contributed by atoms with Crippen molar-refractivity contribution in [3.63, 3.8) is 0 Å². The summed E-state index contributed by atoms with van der Waals surface area (Å²) in [6, 6.07) is 14.9. The first kappa shape index (κ1) is 16.9. The number of ether oxygens (including phenoxy) is 1. The fourth-order valence-corrected chi connectivity index (χ4v) is 2.37. The van der Waals surface area contributed by atoms with Crippen LogP contribution >= 0.6 is 0 Å². The van der Waals surface area contributed by atoms with Crippen molar-refractivity contribution in [2.45, 2.75) is 26.3 Å². The Kier molecular flexibility index (Phi) is 6.03. The van der Waals surface area contributed by atoms with Crippen molar-refractivity contribution >= 4 is 5.91 Å². The van der Waals surface area contributed by atoms with Crippen LogP contribution < -0.4 is 4.74 Å². The van der Waals surface area contributed by atoms with E-state index in [-0.39, 0.29) is 11.7 Å². The number of phenols is 1. The number of nitrogens with zero attached hydrogens (tertiary/aromatic N) is 1. The Bertz CT molecular complexity index is 637. The molecule has 0 atom stereocenters. The number of benzene rings is 2. The Morgan fingerprint density at radius 1 is 1.13 bits per heavy atom. The standard InChI is InChI=1S/C19H23NO3/c1-3-23-17-11-8-15(9-12-17)14-20(2)19(22)13-10-16-6-4-5-7-18(16)21/h4-9,11-12,21H,3,10,13-14H2,1-2H3. The number of aromatic hydroxyl groups is 1. The van der Waals surface area contributed by atoms with Gasteiger partial charge in [0, 0.05) is 20.0 Å². The molecule has 0 saturated heterocycles. The molecule has 0 fully saturated rings. The zero-order valence-electron chi connectivity index (χ0n) is 13.7. The molecule has 23 heavy (non-hydrogen) atoms. The van der Waals surface area contributed by atoms with E-state index in [2.05, 4.69) is 0 Å². The number of para-hydroxylation sites is 1. The summed E-state index contributed by atoms with van der Waals surface area (Å²) in [5.74, 6) is 1.14. The van der Waals surface area contributed by atoms with Crippen LogP contribution in [0.1, 0.15) is 24.5 Å². The molecule has 0 aliphatic carbocycles. The van der Waals surface area contributed by atoms with E-state index in [0.717, 1.165) is 16.9 Å². The highest BCUT2D eigenvalue weighted by Gasteiger charge is 2.11. The molecule has 2 aromatic carbocycles. The lowest BCUT2D eigenvalue weighted by molar-refractivity contribution is -0.130. The van der Waals surface area contributed by atoms with Gasteiger partial charge in [0.1, 0.15) is 11.5 Å². The molecule has 0 saturated carbocycles. The van der Waals surface area contributed by atoms with Gasteiger partial charge in [-0.15, -0.1) is 0 Å². The monoisotopic (exact) mass is 313 g/mol. The second kappa shape index (κ2) is 8.22. The van der Waals surface area contributed by atoms with Crippen LogP contribution in [0.2, 0.25) is 0 Å². The van der Waals surface area contributed by atoms with E-state index in [1.165, 1.54) is 0 Å². The molecule has 0 radical (unpaired) electrons. The van der Waals surface area contributed by atoms with Gasteiger partial charge in [-0.1, -0.05) is 30.3 Å². The number of carbonyl (C=O) groups is 1. The molecule has 0 aliphatic rings. The van der Waals surface area contributed by atoms with E-state index in [1.54, 1.807) is 24.1 Å². The van der Waals surface area contributed by atoms with Crippen LogP contribution in [0.5, 0.6) is 11.5 Å². The van der Waals surface area contributed by atoms with Gasteiger partial charge in [0.25, 0.3) is 0 Å². The van der Waals surface area contributed by atoms with Crippen molar-refractivity contribution in [3.05, 3.63) is 59.7 Å². The molecule has 2 rings (SSSR count). The topological polar surface area (TPSA) is 49.8 Å². The summed E-state index contributed by atoms with van der Waals surface area (Å²) in [6.07, 6.45) is 0.921. The van der Waals surface area contributed by atoms with Crippen LogP contribution in [0.25, 0.3) is 0 Å². The molecule has 1 N–H and O–H groups in total. The number of aryl methyl sites for hydroxylation is 1. The fraction of sp³-hybridized carbons (Fsp3) is 0.316. The van der Waals surface area contributed by atoms with Crippen LogP contribution in [0.15, 0.2) is 48.5 Å². The molecular weight excluding hydrogens is 290 g/mol. The minimum Gasteiger partial charge on any atom is -0.508 e. The van der Waals surface area contributed by atoms with Gasteiger partial charge in [0.2, 0.25) is 5.91 Å². The normalized spacial score (nSPS) is 10.3. The largest absolute Gasteiger partial charge is 0.508 e. The van der Waals surface area contributed by atoms with Gasteiger partial charge in [-0.25, -0.2) is 0 Å². The van der Waals surface area contributed by atoms with E-state index in [9.17, 15) is 9.90 Å². The molecule has 4 nitrogen and oxygen atoms in total. The van der Waals surface area contributed by atoms with Gasteiger partial charge in [-0.05, 0) is 42.7 Å². The van der Waals surface area contributed by atoms with Gasteiger partial charge >= 0.3 is 0 Å². The molecule has 0 unspecified atom stereocenters. The minimum atomic E-state index is 0.0575. The smallest absolute Gasteiger partial charge is 0.222 e. The first-order chi connectivity index (χ1) is 11.1. The summed E-state index contributed by atoms with van der Waals surface area (Å²) in [4.78, 5) is 13.9. The van der Waals surface area contributed by atoms with Crippen molar-refractivity contribution in [2.24, 2.45) is 0 Å². The van der Waals surface area contributed by atoms with Crippen LogP contribution in [0.4, 0.5) is 0 Å². The summed E-state index contributed by atoms with van der Waals surface area (Å²) in [5.41, 5.74) is 1.86. The van der Waals surface area contributed by atoms with Crippen LogP contribution in [0, 0.1) is 0 Å². The summed E-state index contributed by atoms with van der Waals surface area (Å²) in [6.45, 7) is 3.15. The number of hydrogen-bond acceptors (Lipinski definition) is 3. The molecule has 122 valence electrons. The van der Waals surface area contributed by atoms with Crippen molar-refractivity contribution in [2.75, 3.05) is 13.7 Å². The summed E-state index contributed by atoms with van der Waals surface area (Å²) in [5, 5.41) is 9.73. The third-order valence-corrected chi connectivity index (χ3v) is 3.68. The lowest BCUT2D eigenvalue weighted by Crippen LogP contribution is -2.26. The molecule has 0 aromatic heterocycles. The van der Waals surface area contributed by atoms with Gasteiger partial charge < -0.3 is 14.7 Å². The number of phenolic OH excluding ortho intramolecular Hbond substituents is 1. The van der Waals surface area contributed by atoms with Crippen LogP contribution in [-0.2, 0) is 17.8 Å². The molecule has 0 aliphatic heterocycles. The van der Waals surface area contributed by atoms with E-state index in [4.69, 9.17) is 4.74 Å². The number of carbonyl (C=O) groups excluding carboxylic acids is 1. The Morgan fingerprint density at radius 2 is 1.83 bits per heavy atom. The van der Waals surface area contributed by atoms with Crippen LogP contribution in [-0.4, -0.2) is 29.6 Å². The Balaban J connectivity index is 1.86. The van der Waals surface area contributed by atoms with Gasteiger partial charge in [-0.2, -0.15) is 0 Å². The van der Waals surface area contributed by atoms with E-state index in [1.807, 2.05) is 43.3 Å². The maximum atomic E-state index is 12.2. The Hall–Kier alpha value is -2.49. The highest BCUT2D eigenvalue weighted by Crippen LogP contribution is 2.18. The number of rotatable bonds is 7. The molecule has 0 bridgehead atoms. The Labute approximate surface area is 137 Å². The third kappa shape index (κ3) is 5.02. The summed E-state index contributed by atoms with van der Waals surface area (Å²) < 4.78 is 5.41. The molecule has 4 heteroatoms. The lowest BCUT2D eigenvalue weighted by Gasteiger charge is -2.17. The van der Waals surface area contributed by atoms with Crippen molar-refractivity contribution in [1.29, 1.82) is 0 Å². The van der Waals surface area contributed by atoms with Crippen molar-refractivity contribution in [3.8, 4) is 11.5 Å². The lowest BCUT2D eigenvalue weighted by atomic mass is 10.1. The predicted octanol–water partition coefficient (Wildman–Crippen LogP) is 3.38. The van der Waals surface area contributed by atoms with E-state index in [0.29, 0.717) is 26.0 Å². The van der Waals surface area contributed by atoms with Crippen molar-refractivity contribution < 1.29 is 14.6 Å². The SMILES string of the molecule is CCOc1ccc(CN(C)C(=O)CCc2ccccc2O)cc1. The maximum Gasteiger partial charge on any atom is 0.222 e. The first-order valence-electron chi connectivity index (χ1n) is 7.82.